The Morgan fingerprint density at radius 1 is 1.09 bits per heavy atom. The van der Waals surface area contributed by atoms with E-state index in [0.29, 0.717) is 17.0 Å². The Bertz CT molecular complexity index is 1670. The van der Waals surface area contributed by atoms with E-state index in [1.54, 1.807) is 19.9 Å². The maximum atomic E-state index is 14.6. The highest BCUT2D eigenvalue weighted by molar-refractivity contribution is 5.95. The maximum Gasteiger partial charge on any atom is 0.424 e. The van der Waals surface area contributed by atoms with E-state index < -0.39 is 48.1 Å². The number of halogens is 4. The van der Waals surface area contributed by atoms with Crippen molar-refractivity contribution in [3.8, 4) is 34.1 Å². The van der Waals surface area contributed by atoms with Crippen molar-refractivity contribution in [2.24, 2.45) is 5.73 Å². The van der Waals surface area contributed by atoms with Crippen molar-refractivity contribution in [2.75, 3.05) is 20.3 Å². The zero-order chi connectivity index (χ0) is 32.2. The van der Waals surface area contributed by atoms with Gasteiger partial charge in [-0.05, 0) is 62.4 Å². The fraction of sp³-hybridized carbons (Fsp3) is 0.267. The van der Waals surface area contributed by atoms with E-state index in [1.165, 1.54) is 37.4 Å². The van der Waals surface area contributed by atoms with Gasteiger partial charge < -0.3 is 30.2 Å². The summed E-state index contributed by atoms with van der Waals surface area (Å²) in [5, 5.41) is 17.1. The SMILES string of the molecule is CCOc1c(CC(N)=O)cc([C@@](O)(CNC(=O)c2ccc(-c3cc(C)no3)c(OC)c2)C(F)(F)F)nc1-c1ccc(F)cc1. The van der Waals surface area contributed by atoms with Crippen molar-refractivity contribution in [3.05, 3.63) is 82.9 Å². The number of benzene rings is 2. The normalized spacial score (nSPS) is 12.8. The summed E-state index contributed by atoms with van der Waals surface area (Å²) in [7, 11) is 1.34. The van der Waals surface area contributed by atoms with Crippen molar-refractivity contribution in [3.63, 3.8) is 0 Å². The number of nitrogens with zero attached hydrogens (tertiary/aromatic N) is 2. The summed E-state index contributed by atoms with van der Waals surface area (Å²) >= 11 is 0. The lowest BCUT2D eigenvalue weighted by atomic mass is 9.93. The Labute approximate surface area is 248 Å². The lowest BCUT2D eigenvalue weighted by Gasteiger charge is -2.31. The molecule has 0 fully saturated rings. The minimum Gasteiger partial charge on any atom is -0.496 e. The van der Waals surface area contributed by atoms with Gasteiger partial charge in [-0.15, -0.1) is 0 Å². The Kier molecular flexibility index (Phi) is 9.23. The standard InChI is InChI=1S/C30H28F4N4O6/c1-4-43-27-19(14-25(35)39)13-24(37-26(27)17-5-8-20(31)9-6-17)29(41,30(32,33)34)15-36-28(40)18-7-10-21(22(12-18)42-3)23-11-16(2)38-44-23/h5-13,41H,4,14-15H2,1-3H3,(H2,35,39)(H,36,40)/t29-/m0/s1. The highest BCUT2D eigenvalue weighted by Gasteiger charge is 2.56. The van der Waals surface area contributed by atoms with Crippen LogP contribution < -0.4 is 20.5 Å². The fourth-order valence-electron chi connectivity index (χ4n) is 4.40. The van der Waals surface area contributed by atoms with Crippen molar-refractivity contribution < 1.29 is 46.3 Å². The van der Waals surface area contributed by atoms with Gasteiger partial charge in [0, 0.05) is 22.8 Å². The quantitative estimate of drug-likeness (QED) is 0.209. The molecule has 0 saturated heterocycles. The van der Waals surface area contributed by atoms with E-state index in [2.05, 4.69) is 15.5 Å². The molecule has 4 rings (SSSR count). The number of carbonyl (C=O) groups excluding carboxylic acids is 2. The Morgan fingerprint density at radius 2 is 1.80 bits per heavy atom. The molecule has 4 aromatic rings. The number of ether oxygens (including phenoxy) is 2. The van der Waals surface area contributed by atoms with E-state index in [4.69, 9.17) is 19.7 Å². The van der Waals surface area contributed by atoms with Crippen LogP contribution in [-0.2, 0) is 16.8 Å². The zero-order valence-corrected chi connectivity index (χ0v) is 23.8. The Balaban J connectivity index is 1.75. The van der Waals surface area contributed by atoms with Crippen LogP contribution in [0.3, 0.4) is 0 Å². The lowest BCUT2D eigenvalue weighted by Crippen LogP contribution is -2.51. The highest BCUT2D eigenvalue weighted by Crippen LogP contribution is 2.42. The number of aryl methyl sites for hydroxylation is 1. The molecule has 10 nitrogen and oxygen atoms in total. The number of rotatable bonds is 11. The molecule has 0 aliphatic heterocycles. The Hall–Kier alpha value is -4.98. The molecular formula is C30H28F4N4O6. The average molecular weight is 617 g/mol. The van der Waals surface area contributed by atoms with Crippen LogP contribution >= 0.6 is 0 Å². The van der Waals surface area contributed by atoms with Gasteiger partial charge in [-0.2, -0.15) is 13.2 Å². The van der Waals surface area contributed by atoms with Gasteiger partial charge in [0.15, 0.2) is 5.76 Å². The first kappa shape index (κ1) is 31.9. The smallest absolute Gasteiger partial charge is 0.424 e. The summed E-state index contributed by atoms with van der Waals surface area (Å²) in [6, 6.07) is 11.2. The van der Waals surface area contributed by atoms with E-state index in [-0.39, 0.29) is 40.5 Å². The lowest BCUT2D eigenvalue weighted by molar-refractivity contribution is -0.265. The van der Waals surface area contributed by atoms with Crippen LogP contribution in [0.2, 0.25) is 0 Å². The molecule has 2 amide bonds. The second-order valence-electron chi connectivity index (χ2n) is 9.72. The topological polar surface area (TPSA) is 150 Å². The van der Waals surface area contributed by atoms with Crippen molar-refractivity contribution in [1.82, 2.24) is 15.5 Å². The van der Waals surface area contributed by atoms with Crippen molar-refractivity contribution in [1.29, 1.82) is 0 Å². The molecule has 14 heteroatoms. The van der Waals surface area contributed by atoms with Crippen molar-refractivity contribution >= 4 is 11.8 Å². The number of carbonyl (C=O) groups is 2. The molecule has 0 saturated carbocycles. The molecule has 2 aromatic carbocycles. The van der Waals surface area contributed by atoms with Gasteiger partial charge in [-0.25, -0.2) is 9.37 Å². The summed E-state index contributed by atoms with van der Waals surface area (Å²) in [5.41, 5.74) is 1.49. The van der Waals surface area contributed by atoms with Crippen LogP contribution in [0.4, 0.5) is 17.6 Å². The zero-order valence-electron chi connectivity index (χ0n) is 23.8. The monoisotopic (exact) mass is 616 g/mol. The molecule has 0 aliphatic rings. The van der Waals surface area contributed by atoms with Crippen LogP contribution in [0.5, 0.6) is 11.5 Å². The molecule has 232 valence electrons. The van der Waals surface area contributed by atoms with Crippen LogP contribution in [0.15, 0.2) is 59.1 Å². The van der Waals surface area contributed by atoms with Crippen molar-refractivity contribution in [2.45, 2.75) is 32.0 Å². The number of hydrogen-bond acceptors (Lipinski definition) is 8. The predicted octanol–water partition coefficient (Wildman–Crippen LogP) is 4.47. The summed E-state index contributed by atoms with van der Waals surface area (Å²) < 4.78 is 73.6. The molecular weight excluding hydrogens is 588 g/mol. The number of nitrogens with one attached hydrogen (secondary N) is 1. The number of amides is 2. The molecule has 1 atom stereocenters. The van der Waals surface area contributed by atoms with Crippen LogP contribution in [-0.4, -0.2) is 53.5 Å². The summed E-state index contributed by atoms with van der Waals surface area (Å²) in [6.07, 6.45) is -5.92. The summed E-state index contributed by atoms with van der Waals surface area (Å²) in [6.45, 7) is 1.99. The van der Waals surface area contributed by atoms with E-state index in [9.17, 15) is 32.3 Å². The van der Waals surface area contributed by atoms with Crippen LogP contribution in [0, 0.1) is 12.7 Å². The molecule has 0 radical (unpaired) electrons. The number of aromatic nitrogens is 2. The second kappa shape index (κ2) is 12.7. The van der Waals surface area contributed by atoms with E-state index in [1.807, 2.05) is 0 Å². The Morgan fingerprint density at radius 3 is 2.36 bits per heavy atom. The second-order valence-corrected chi connectivity index (χ2v) is 9.72. The number of aliphatic hydroxyl groups is 1. The van der Waals surface area contributed by atoms with E-state index >= 15 is 0 Å². The third-order valence-corrected chi connectivity index (χ3v) is 6.58. The van der Waals surface area contributed by atoms with Gasteiger partial charge in [-0.3, -0.25) is 9.59 Å². The number of hydrogen-bond donors (Lipinski definition) is 3. The number of methoxy groups -OCH3 is 1. The first-order chi connectivity index (χ1) is 20.8. The molecule has 0 unspecified atom stereocenters. The van der Waals surface area contributed by atoms with Gasteiger partial charge >= 0.3 is 6.18 Å². The minimum atomic E-state index is -5.36. The van der Waals surface area contributed by atoms with Gasteiger partial charge in [0.1, 0.15) is 23.0 Å². The van der Waals surface area contributed by atoms with Gasteiger partial charge in [0.2, 0.25) is 11.5 Å². The first-order valence-corrected chi connectivity index (χ1v) is 13.2. The minimum absolute atomic E-state index is 0.0405. The number of primary amides is 1. The number of pyridine rings is 1. The molecule has 2 aromatic heterocycles. The predicted molar refractivity (Wildman–Crippen MR) is 149 cm³/mol. The van der Waals surface area contributed by atoms with Gasteiger partial charge in [0.25, 0.3) is 5.91 Å². The fourth-order valence-corrected chi connectivity index (χ4v) is 4.40. The summed E-state index contributed by atoms with van der Waals surface area (Å²) in [5.74, 6) is -2.00. The number of alkyl halides is 3. The highest BCUT2D eigenvalue weighted by atomic mass is 19.4. The molecule has 44 heavy (non-hydrogen) atoms. The summed E-state index contributed by atoms with van der Waals surface area (Å²) in [4.78, 5) is 28.9. The van der Waals surface area contributed by atoms with Crippen LogP contribution in [0.25, 0.3) is 22.6 Å². The molecule has 4 N–H and O–H groups in total. The average Bonchev–Trinajstić information content (AvgIpc) is 3.41. The third-order valence-electron chi connectivity index (χ3n) is 6.58. The molecule has 0 aliphatic carbocycles. The third kappa shape index (κ3) is 6.64. The molecule has 2 heterocycles. The number of nitrogens with two attached hydrogens (primary N) is 1. The van der Waals surface area contributed by atoms with Crippen LogP contribution in [0.1, 0.15) is 34.2 Å². The largest absolute Gasteiger partial charge is 0.496 e. The van der Waals surface area contributed by atoms with Gasteiger partial charge in [0.05, 0.1) is 43.6 Å². The molecule has 0 bridgehead atoms. The maximum absolute atomic E-state index is 14.6. The van der Waals surface area contributed by atoms with Gasteiger partial charge in [-0.1, -0.05) is 5.16 Å². The first-order valence-electron chi connectivity index (χ1n) is 13.2. The van der Waals surface area contributed by atoms with E-state index in [0.717, 1.165) is 18.2 Å². The molecule has 0 spiro atoms.